The third-order valence-corrected chi connectivity index (χ3v) is 0. The van der Waals surface area contributed by atoms with Crippen LogP contribution < -0.4 is 0 Å². The fraction of sp³-hybridized carbons (Fsp3) is 1.00. The van der Waals surface area contributed by atoms with Crippen molar-refractivity contribution in [2.24, 2.45) is 0 Å². The van der Waals surface area contributed by atoms with E-state index in [-0.39, 0.29) is 37.2 Å². The van der Waals surface area contributed by atoms with Gasteiger partial charge in [-0.1, -0.05) is 0 Å². The summed E-state index contributed by atoms with van der Waals surface area (Å²) in [6.07, 6.45) is 0. The fourth-order valence-electron chi connectivity index (χ4n) is 0. The minimum Gasteiger partial charge on any atom is -0.147 e. The van der Waals surface area contributed by atoms with Crippen LogP contribution in [0.3, 0.4) is 0 Å². The molecule has 0 bridgehead atoms. The van der Waals surface area contributed by atoms with Crippen molar-refractivity contribution in [1.82, 2.24) is 0 Å². The summed E-state index contributed by atoms with van der Waals surface area (Å²) in [5.41, 5.74) is 0. The van der Waals surface area contributed by atoms with Gasteiger partial charge in [-0.05, 0) is 0 Å². The summed E-state index contributed by atoms with van der Waals surface area (Å²) in [6.45, 7) is 2.16. The number of hydrogen-bond donors (Lipinski definition) is 0. The quantitative estimate of drug-likeness (QED) is 0.581. The third kappa shape index (κ3) is 44.4. The number of hydrogen-bond acceptors (Lipinski definition) is 0. The summed E-state index contributed by atoms with van der Waals surface area (Å²) in [7, 11) is 0. The van der Waals surface area contributed by atoms with E-state index in [1.807, 2.05) is 0 Å². The summed E-state index contributed by atoms with van der Waals surface area (Å²) in [5.74, 6) is 0. The van der Waals surface area contributed by atoms with E-state index in [0.29, 0.717) is 0 Å². The van der Waals surface area contributed by atoms with Crippen LogP contribution in [0.5, 0.6) is 0 Å². The second-order valence-electron chi connectivity index (χ2n) is 0.354. The van der Waals surface area contributed by atoms with Gasteiger partial charge in [0.25, 0.3) is 0 Å². The van der Waals surface area contributed by atoms with Crippen molar-refractivity contribution in [1.29, 1.82) is 0 Å². The maximum Gasteiger partial charge on any atom is -0.147 e. The van der Waals surface area contributed by atoms with Crippen molar-refractivity contribution < 1.29 is 0 Å². The van der Waals surface area contributed by atoms with Crippen LogP contribution in [0.2, 0.25) is 4.44 Å². The first-order valence-corrected chi connectivity index (χ1v) is 3.08. The molecule has 0 N–H and O–H groups in total. The van der Waals surface area contributed by atoms with Gasteiger partial charge in [-0.15, -0.1) is 37.2 Å². The summed E-state index contributed by atoms with van der Waals surface area (Å²) in [4.78, 5) is 0. The molecule has 0 rings (SSSR count). The van der Waals surface area contributed by atoms with Gasteiger partial charge in [0.2, 0.25) is 0 Å². The summed E-state index contributed by atoms with van der Waals surface area (Å²) in [5, 5.41) is 0. The molecule has 0 aliphatic heterocycles. The van der Waals surface area contributed by atoms with Crippen LogP contribution in [-0.4, -0.2) is 22.5 Å². The summed E-state index contributed by atoms with van der Waals surface area (Å²) < 4.78 is 1.34. The molecule has 0 spiro atoms. The Morgan fingerprint density at radius 1 is 1.17 bits per heavy atom. The minimum absolute atomic E-state index is 0. The van der Waals surface area contributed by atoms with Gasteiger partial charge in [0, 0.05) is 0 Å². The molecule has 0 heterocycles. The van der Waals surface area contributed by atoms with E-state index in [2.05, 4.69) is 6.92 Å². The minimum atomic E-state index is 0. The number of rotatable bonds is 0. The van der Waals surface area contributed by atoms with Crippen molar-refractivity contribution in [3.05, 3.63) is 0 Å². The first-order chi connectivity index (χ1) is 1.41. The van der Waals surface area contributed by atoms with Crippen LogP contribution in [0.25, 0.3) is 0 Å². The zero-order valence-electron chi connectivity index (χ0n) is 3.43. The van der Waals surface area contributed by atoms with Gasteiger partial charge in [-0.3, -0.25) is 0 Å². The molecule has 0 aromatic rings. The van der Waals surface area contributed by atoms with Crippen molar-refractivity contribution in [2.75, 3.05) is 0 Å². The Kier molecular flexibility index (Phi) is 127. The molecule has 0 fully saturated rings. The Morgan fingerprint density at radius 3 is 1.17 bits per heavy atom. The predicted molar refractivity (Wildman–Crippen MR) is 38.0 cm³/mol. The van der Waals surface area contributed by atoms with Crippen molar-refractivity contribution in [3.8, 4) is 0 Å². The van der Waals surface area contributed by atoms with E-state index < -0.39 is 0 Å². The first kappa shape index (κ1) is 25.3. The van der Waals surface area contributed by atoms with Crippen molar-refractivity contribution >= 4 is 59.7 Å². The second kappa shape index (κ2) is 30.1. The third-order valence-electron chi connectivity index (χ3n) is 0. The molecule has 0 atom stereocenters. The van der Waals surface area contributed by atoms with Crippen LogP contribution in [0, 0.1) is 0 Å². The SMILES string of the molecule is C[CH2][Sn].Cl.Cl.Cl. The van der Waals surface area contributed by atoms with Gasteiger partial charge in [0.05, 0.1) is 0 Å². The monoisotopic (exact) mass is 257 g/mol. The molecule has 0 aliphatic carbocycles. The molecule has 4 heteroatoms. The smallest absolute Gasteiger partial charge is 0.147 e. The van der Waals surface area contributed by atoms with E-state index in [1.165, 1.54) is 4.44 Å². The van der Waals surface area contributed by atoms with Crippen LogP contribution in [-0.2, 0) is 0 Å². The summed E-state index contributed by atoms with van der Waals surface area (Å²) in [6, 6.07) is 0. The predicted octanol–water partition coefficient (Wildman–Crippen LogP) is 1.86. The molecule has 0 saturated carbocycles. The molecule has 0 saturated heterocycles. The summed E-state index contributed by atoms with van der Waals surface area (Å²) >= 11 is 1.64. The van der Waals surface area contributed by atoms with Crippen molar-refractivity contribution in [3.63, 3.8) is 0 Å². The van der Waals surface area contributed by atoms with Gasteiger partial charge in [-0.2, -0.15) is 0 Å². The van der Waals surface area contributed by atoms with Gasteiger partial charge >= 0.3 is 33.9 Å². The molecule has 0 aliphatic rings. The van der Waals surface area contributed by atoms with Gasteiger partial charge in [0.1, 0.15) is 0 Å². The maximum absolute atomic E-state index is 2.16. The van der Waals surface area contributed by atoms with E-state index in [4.69, 9.17) is 0 Å². The number of halogens is 3. The molecule has 0 amide bonds. The molecule has 0 unspecified atom stereocenters. The molecule has 3 radical (unpaired) electrons. The van der Waals surface area contributed by atoms with E-state index in [9.17, 15) is 0 Å². The zero-order chi connectivity index (χ0) is 2.71. The molecule has 6 heavy (non-hydrogen) atoms. The molecular formula is C2H8Cl3Sn. The maximum atomic E-state index is 2.16. The fourth-order valence-corrected chi connectivity index (χ4v) is 0. The van der Waals surface area contributed by atoms with Crippen LogP contribution in [0.1, 0.15) is 6.92 Å². The molecule has 41 valence electrons. The average molecular weight is 257 g/mol. The Bertz CT molecular complexity index is 8.75. The molecule has 0 aromatic carbocycles. The van der Waals surface area contributed by atoms with Crippen LogP contribution in [0.15, 0.2) is 0 Å². The Morgan fingerprint density at radius 2 is 1.17 bits per heavy atom. The van der Waals surface area contributed by atoms with Crippen LogP contribution >= 0.6 is 37.2 Å². The topological polar surface area (TPSA) is 0 Å². The van der Waals surface area contributed by atoms with Crippen LogP contribution in [0.4, 0.5) is 0 Å². The van der Waals surface area contributed by atoms with E-state index in [1.54, 1.807) is 22.5 Å². The normalized spacial score (nSPS) is 3.00. The van der Waals surface area contributed by atoms with Gasteiger partial charge in [-0.25, -0.2) is 0 Å². The van der Waals surface area contributed by atoms with Gasteiger partial charge in [0.15, 0.2) is 0 Å². The Labute approximate surface area is 70.8 Å². The van der Waals surface area contributed by atoms with Crippen molar-refractivity contribution in [2.45, 2.75) is 11.4 Å². The standard InChI is InChI=1S/C2H5.3ClH.Sn/c1-2;;;;/h1H2,2H3;3*1H;. The Hall–Kier alpha value is 1.67. The second-order valence-corrected chi connectivity index (χ2v) is 2.37. The van der Waals surface area contributed by atoms with Gasteiger partial charge < -0.3 is 0 Å². The Balaban J connectivity index is -0.00000000667. The zero-order valence-corrected chi connectivity index (χ0v) is 8.74. The van der Waals surface area contributed by atoms with E-state index in [0.717, 1.165) is 0 Å². The first-order valence-electron chi connectivity index (χ1n) is 1.06. The largest absolute Gasteiger partial charge is 0.147 e. The molecular weight excluding hydrogens is 249 g/mol. The van der Waals surface area contributed by atoms with E-state index >= 15 is 0 Å². The average Bonchev–Trinajstić information content (AvgIpc) is 0.918. The molecule has 0 aromatic heterocycles. The molecule has 0 nitrogen and oxygen atoms in total.